The van der Waals surface area contributed by atoms with Crippen LogP contribution in [-0.4, -0.2) is 25.3 Å². The van der Waals surface area contributed by atoms with Gasteiger partial charge in [0.2, 0.25) is 0 Å². The van der Waals surface area contributed by atoms with Crippen LogP contribution >= 0.6 is 0 Å². The summed E-state index contributed by atoms with van der Waals surface area (Å²) in [6.45, 7) is 0. The van der Waals surface area contributed by atoms with Gasteiger partial charge in [0.15, 0.2) is 16.1 Å². The largest absolute Gasteiger partial charge is 0.309 e. The molecule has 0 aliphatic heterocycles. The van der Waals surface area contributed by atoms with E-state index in [1.807, 2.05) is 0 Å². The van der Waals surface area contributed by atoms with Crippen LogP contribution in [0.4, 0.5) is 0 Å². The van der Waals surface area contributed by atoms with Gasteiger partial charge in [0.05, 0.1) is 27.8 Å². The minimum atomic E-state index is -3.13. The fraction of sp³-hybridized carbons (Fsp3) is 0. The molecule has 14 aromatic carbocycles. The van der Waals surface area contributed by atoms with E-state index in [2.05, 4.69) is 373 Å². The van der Waals surface area contributed by atoms with E-state index < -0.39 is 16.1 Å². The molecule has 0 saturated carbocycles. The molecule has 0 bridgehead atoms. The molecule has 16 rings (SSSR count). The van der Waals surface area contributed by atoms with Gasteiger partial charge >= 0.3 is 0 Å². The lowest BCUT2D eigenvalue weighted by molar-refractivity contribution is 1.17. The first-order valence-electron chi connectivity index (χ1n) is 30.5. The first-order valence-corrected chi connectivity index (χ1v) is 34.5. The lowest BCUT2D eigenvalue weighted by atomic mass is 9.95. The number of aromatic nitrogens is 2. The van der Waals surface area contributed by atoms with E-state index in [9.17, 15) is 0 Å². The van der Waals surface area contributed by atoms with Crippen LogP contribution in [0.3, 0.4) is 0 Å². The number of hydrogen-bond donors (Lipinski definition) is 0. The molecule has 2 heterocycles. The number of nitrogens with zero attached hydrogens (tertiary/aromatic N) is 2. The number of para-hydroxylation sites is 2. The second-order valence-electron chi connectivity index (χ2n) is 23.1. The molecule has 0 N–H and O–H groups in total. The summed E-state index contributed by atoms with van der Waals surface area (Å²) in [5.41, 5.74) is 14.0. The highest BCUT2D eigenvalue weighted by molar-refractivity contribution is 7.20. The van der Waals surface area contributed by atoms with Crippen LogP contribution < -0.4 is 41.5 Å². The van der Waals surface area contributed by atoms with Crippen molar-refractivity contribution in [1.29, 1.82) is 0 Å². The Kier molecular flexibility index (Phi) is 13.3. The van der Waals surface area contributed by atoms with Crippen LogP contribution in [0, 0.1) is 0 Å². The standard InChI is InChI=1S/C84H60N2Si2/c1-9-29-61(30-10-1)62-49-52-71(53-50-62)88(69-41-21-7-22-42-69,70-43-23-8-24-44-70)73-59-76(63-31-11-2-12-32-63)84(77(60-73)64-33-13-3-14-34-64)86-81-48-28-26-45-74(81)78-57-65(51-55-83(78)86)85-80-47-27-25-46-75(80)79-58-72(54-56-82(79)85)87(66-35-15-4-16-36-66,67-37-17-5-18-38-67)68-39-19-6-20-40-68/h1-60H. The first kappa shape index (κ1) is 52.7. The average molecular weight is 1150 g/mol. The Morgan fingerprint density at radius 2 is 0.489 bits per heavy atom. The summed E-state index contributed by atoms with van der Waals surface area (Å²) < 4.78 is 5.07. The summed E-state index contributed by atoms with van der Waals surface area (Å²) in [6.07, 6.45) is 0. The van der Waals surface area contributed by atoms with Crippen LogP contribution in [0.5, 0.6) is 0 Å². The van der Waals surface area contributed by atoms with Crippen molar-refractivity contribution >= 4 is 101 Å². The number of hydrogen-bond acceptors (Lipinski definition) is 0. The molecule has 0 spiro atoms. The second kappa shape index (κ2) is 22.2. The molecular weight excluding hydrogens is 1090 g/mol. The van der Waals surface area contributed by atoms with Gasteiger partial charge in [-0.15, -0.1) is 0 Å². The zero-order valence-corrected chi connectivity index (χ0v) is 50.5. The Labute approximate surface area is 515 Å². The van der Waals surface area contributed by atoms with Crippen molar-refractivity contribution < 1.29 is 0 Å². The Bertz CT molecular complexity index is 4950. The minimum absolute atomic E-state index is 1.12. The third-order valence-electron chi connectivity index (χ3n) is 18.4. The molecule has 0 aliphatic carbocycles. The van der Waals surface area contributed by atoms with Crippen LogP contribution in [0.1, 0.15) is 0 Å². The molecule has 16 aromatic rings. The normalized spacial score (nSPS) is 11.9. The van der Waals surface area contributed by atoms with Crippen molar-refractivity contribution in [2.75, 3.05) is 0 Å². The SMILES string of the molecule is c1ccc(-c2ccc([Si](c3ccccc3)(c3ccccc3)c3cc(-c4ccccc4)c(-n4c5ccccc5c5cc(-n6c7ccccc7c7cc([Si](c8ccccc8)(c8ccccc8)c8ccccc8)ccc76)ccc54)c(-c4ccccc4)c3)cc2)cc1. The van der Waals surface area contributed by atoms with E-state index in [0.29, 0.717) is 0 Å². The first-order chi connectivity index (χ1) is 43.7. The molecule has 2 aromatic heterocycles. The third kappa shape index (κ3) is 8.59. The highest BCUT2D eigenvalue weighted by Gasteiger charge is 2.44. The van der Waals surface area contributed by atoms with Crippen molar-refractivity contribution in [3.05, 3.63) is 364 Å². The molecule has 0 radical (unpaired) electrons. The summed E-state index contributed by atoms with van der Waals surface area (Å²) in [4.78, 5) is 0. The van der Waals surface area contributed by atoms with E-state index in [1.54, 1.807) is 0 Å². The van der Waals surface area contributed by atoms with Crippen molar-refractivity contribution in [3.63, 3.8) is 0 Å². The van der Waals surface area contributed by atoms with Gasteiger partial charge in [-0.1, -0.05) is 328 Å². The number of benzene rings is 14. The molecular formula is C84H60N2Si2. The van der Waals surface area contributed by atoms with E-state index in [-0.39, 0.29) is 0 Å². The molecule has 0 aliphatic rings. The highest BCUT2D eigenvalue weighted by Crippen LogP contribution is 2.43. The number of rotatable bonds is 13. The Morgan fingerprint density at radius 3 is 0.943 bits per heavy atom. The van der Waals surface area contributed by atoms with Crippen LogP contribution in [0.2, 0.25) is 0 Å². The van der Waals surface area contributed by atoms with E-state index in [4.69, 9.17) is 0 Å². The average Bonchev–Trinajstić information content (AvgIpc) is 1.35. The van der Waals surface area contributed by atoms with Gasteiger partial charge in [0.1, 0.15) is 0 Å². The van der Waals surface area contributed by atoms with E-state index in [0.717, 1.165) is 33.5 Å². The van der Waals surface area contributed by atoms with Crippen LogP contribution in [-0.2, 0) is 0 Å². The van der Waals surface area contributed by atoms with Gasteiger partial charge in [0, 0.05) is 38.4 Å². The maximum atomic E-state index is 2.57. The lowest BCUT2D eigenvalue weighted by Crippen LogP contribution is -2.74. The Morgan fingerprint density at radius 1 is 0.182 bits per heavy atom. The summed E-state index contributed by atoms with van der Waals surface area (Å²) in [5.74, 6) is 0. The maximum Gasteiger partial charge on any atom is 0.179 e. The molecule has 2 nitrogen and oxygen atoms in total. The molecule has 0 atom stereocenters. The zero-order valence-electron chi connectivity index (χ0n) is 48.5. The predicted molar refractivity (Wildman–Crippen MR) is 379 cm³/mol. The summed E-state index contributed by atoms with van der Waals surface area (Å²) in [7, 11) is -5.95. The van der Waals surface area contributed by atoms with Crippen molar-refractivity contribution in [2.24, 2.45) is 0 Å². The molecule has 0 unspecified atom stereocenters. The zero-order chi connectivity index (χ0) is 58.4. The molecule has 4 heteroatoms. The predicted octanol–water partition coefficient (Wildman–Crippen LogP) is 15.6. The Balaban J connectivity index is 0.949. The summed E-state index contributed by atoms with van der Waals surface area (Å²) >= 11 is 0. The van der Waals surface area contributed by atoms with E-state index >= 15 is 0 Å². The van der Waals surface area contributed by atoms with E-state index in [1.165, 1.54) is 96.3 Å². The molecule has 414 valence electrons. The van der Waals surface area contributed by atoms with Gasteiger partial charge < -0.3 is 9.13 Å². The third-order valence-corrected chi connectivity index (χ3v) is 27.9. The quantitative estimate of drug-likeness (QED) is 0.0804. The van der Waals surface area contributed by atoms with Gasteiger partial charge in [-0.3, -0.25) is 0 Å². The van der Waals surface area contributed by atoms with Gasteiger partial charge in [0.25, 0.3) is 0 Å². The number of fused-ring (bicyclic) bond motifs is 6. The smallest absolute Gasteiger partial charge is 0.179 e. The Hall–Kier alpha value is -10.9. The second-order valence-corrected chi connectivity index (χ2v) is 30.7. The molecule has 88 heavy (non-hydrogen) atoms. The minimum Gasteiger partial charge on any atom is -0.309 e. The fourth-order valence-corrected chi connectivity index (χ4v) is 24.1. The lowest BCUT2D eigenvalue weighted by Gasteiger charge is -2.36. The van der Waals surface area contributed by atoms with Crippen LogP contribution in [0.25, 0.3) is 88.4 Å². The molecule has 0 saturated heterocycles. The summed E-state index contributed by atoms with van der Waals surface area (Å²) in [5, 5.41) is 15.6. The molecule has 0 amide bonds. The fourth-order valence-electron chi connectivity index (χ4n) is 14.6. The van der Waals surface area contributed by atoms with Gasteiger partial charge in [-0.2, -0.15) is 0 Å². The van der Waals surface area contributed by atoms with Gasteiger partial charge in [-0.25, -0.2) is 0 Å². The summed E-state index contributed by atoms with van der Waals surface area (Å²) in [6, 6.07) is 137. The monoisotopic (exact) mass is 1150 g/mol. The van der Waals surface area contributed by atoms with Crippen molar-refractivity contribution in [1.82, 2.24) is 9.13 Å². The van der Waals surface area contributed by atoms with Crippen LogP contribution in [0.15, 0.2) is 364 Å². The maximum absolute atomic E-state index is 3.13. The topological polar surface area (TPSA) is 9.86 Å². The van der Waals surface area contributed by atoms with Gasteiger partial charge in [-0.05, 0) is 100 Å². The highest BCUT2D eigenvalue weighted by atomic mass is 28.3. The van der Waals surface area contributed by atoms with Crippen molar-refractivity contribution in [3.8, 4) is 44.8 Å². The molecule has 0 fully saturated rings. The van der Waals surface area contributed by atoms with Crippen molar-refractivity contribution in [2.45, 2.75) is 0 Å².